The second-order valence-electron chi connectivity index (χ2n) is 5.71. The predicted molar refractivity (Wildman–Crippen MR) is 85.1 cm³/mol. The molecule has 0 unspecified atom stereocenters. The molecule has 0 aliphatic carbocycles. The van der Waals surface area contributed by atoms with Gasteiger partial charge in [0.25, 0.3) is 0 Å². The van der Waals surface area contributed by atoms with E-state index in [9.17, 15) is 0 Å². The zero-order valence-corrected chi connectivity index (χ0v) is 12.5. The molecule has 0 spiro atoms. The molecule has 2 aliphatic rings. The van der Waals surface area contributed by atoms with Gasteiger partial charge in [0.05, 0.1) is 11.4 Å². The summed E-state index contributed by atoms with van der Waals surface area (Å²) in [6, 6.07) is 8.27. The quantitative estimate of drug-likeness (QED) is 0.728. The lowest BCUT2D eigenvalue weighted by Crippen LogP contribution is -2.46. The molecule has 1 saturated heterocycles. The molecule has 21 heavy (non-hydrogen) atoms. The third-order valence-corrected chi connectivity index (χ3v) is 4.06. The minimum atomic E-state index is 0.580. The van der Waals surface area contributed by atoms with Crippen molar-refractivity contribution in [2.75, 3.05) is 44.8 Å². The summed E-state index contributed by atoms with van der Waals surface area (Å²) < 4.78 is 0. The Morgan fingerprint density at radius 3 is 2.48 bits per heavy atom. The largest absolute Gasteiger partial charge is 0.326 e. The number of hydrazine groups is 2. The molecule has 2 heterocycles. The van der Waals surface area contributed by atoms with Crippen LogP contribution in [0, 0.1) is 0 Å². The molecule has 6 heteroatoms. The molecule has 2 aliphatic heterocycles. The Bertz CT molecular complexity index is 489. The van der Waals surface area contributed by atoms with Gasteiger partial charge in [0.2, 0.25) is 0 Å². The van der Waals surface area contributed by atoms with Gasteiger partial charge in [-0.25, -0.2) is 0 Å². The second kappa shape index (κ2) is 6.44. The first-order valence-electron chi connectivity index (χ1n) is 7.46. The van der Waals surface area contributed by atoms with E-state index >= 15 is 0 Å². The molecule has 4 N–H and O–H groups in total. The standard InChI is InChI=1S/C15H24N6/c1-19-6-8-20(9-7-19)11-14-12-21(18-17-14)15-4-2-13(10-16)3-5-15/h2-5,12,17-18H,6-11,16H2,1H3. The molecule has 1 aromatic rings. The van der Waals surface area contributed by atoms with Crippen LogP contribution >= 0.6 is 0 Å². The Labute approximate surface area is 126 Å². The van der Waals surface area contributed by atoms with Gasteiger partial charge in [-0.1, -0.05) is 12.1 Å². The molecular formula is C15H24N6. The third-order valence-electron chi connectivity index (χ3n) is 4.06. The zero-order chi connectivity index (χ0) is 14.7. The summed E-state index contributed by atoms with van der Waals surface area (Å²) in [4.78, 5) is 4.85. The minimum Gasteiger partial charge on any atom is -0.326 e. The van der Waals surface area contributed by atoms with Crippen LogP contribution in [0.2, 0.25) is 0 Å². The minimum absolute atomic E-state index is 0.580. The van der Waals surface area contributed by atoms with Gasteiger partial charge in [0, 0.05) is 45.5 Å². The van der Waals surface area contributed by atoms with Crippen LogP contribution in [0.5, 0.6) is 0 Å². The Morgan fingerprint density at radius 1 is 1.10 bits per heavy atom. The molecule has 3 rings (SSSR count). The molecular weight excluding hydrogens is 264 g/mol. The number of anilines is 1. The number of benzene rings is 1. The number of nitrogens with one attached hydrogen (secondary N) is 2. The first kappa shape index (κ1) is 14.3. The van der Waals surface area contributed by atoms with E-state index in [2.05, 4.69) is 58.3 Å². The van der Waals surface area contributed by atoms with Crippen molar-refractivity contribution in [1.82, 2.24) is 20.8 Å². The summed E-state index contributed by atoms with van der Waals surface area (Å²) >= 11 is 0. The van der Waals surface area contributed by atoms with E-state index in [0.29, 0.717) is 6.54 Å². The van der Waals surface area contributed by atoms with E-state index in [1.54, 1.807) is 0 Å². The summed E-state index contributed by atoms with van der Waals surface area (Å²) in [6.45, 7) is 6.08. The number of hydrogen-bond acceptors (Lipinski definition) is 6. The first-order chi connectivity index (χ1) is 10.2. The van der Waals surface area contributed by atoms with E-state index in [1.165, 1.54) is 5.70 Å². The molecule has 0 saturated carbocycles. The van der Waals surface area contributed by atoms with Gasteiger partial charge < -0.3 is 16.1 Å². The van der Waals surface area contributed by atoms with Crippen molar-refractivity contribution < 1.29 is 0 Å². The van der Waals surface area contributed by atoms with Crippen molar-refractivity contribution in [3.63, 3.8) is 0 Å². The number of nitrogens with zero attached hydrogens (tertiary/aromatic N) is 3. The van der Waals surface area contributed by atoms with E-state index in [0.717, 1.165) is 44.0 Å². The number of hydrogen-bond donors (Lipinski definition) is 3. The highest BCUT2D eigenvalue weighted by Crippen LogP contribution is 2.17. The van der Waals surface area contributed by atoms with Gasteiger partial charge in [-0.15, -0.1) is 5.53 Å². The van der Waals surface area contributed by atoms with Gasteiger partial charge in [0.1, 0.15) is 0 Å². The molecule has 0 bridgehead atoms. The van der Waals surface area contributed by atoms with Crippen LogP contribution in [0.15, 0.2) is 36.2 Å². The van der Waals surface area contributed by atoms with Crippen LogP contribution in [0.25, 0.3) is 0 Å². The number of rotatable bonds is 4. The summed E-state index contributed by atoms with van der Waals surface area (Å²) in [6.07, 6.45) is 2.12. The predicted octanol–water partition coefficient (Wildman–Crippen LogP) is 0.0633. The van der Waals surface area contributed by atoms with Crippen molar-refractivity contribution in [3.05, 3.63) is 41.7 Å². The lowest BCUT2D eigenvalue weighted by Gasteiger charge is -2.32. The highest BCUT2D eigenvalue weighted by molar-refractivity contribution is 5.50. The average Bonchev–Trinajstić information content (AvgIpc) is 2.98. The first-order valence-corrected chi connectivity index (χ1v) is 7.46. The fraction of sp³-hybridized carbons (Fsp3) is 0.467. The van der Waals surface area contributed by atoms with Crippen LogP contribution < -0.4 is 21.7 Å². The average molecular weight is 288 g/mol. The number of piperazine rings is 1. The third kappa shape index (κ3) is 3.54. The maximum absolute atomic E-state index is 5.63. The highest BCUT2D eigenvalue weighted by Gasteiger charge is 2.18. The van der Waals surface area contributed by atoms with Gasteiger partial charge in [0.15, 0.2) is 0 Å². The van der Waals surface area contributed by atoms with E-state index < -0.39 is 0 Å². The lowest BCUT2D eigenvalue weighted by atomic mass is 10.2. The Kier molecular flexibility index (Phi) is 4.40. The van der Waals surface area contributed by atoms with Crippen molar-refractivity contribution in [1.29, 1.82) is 0 Å². The van der Waals surface area contributed by atoms with Gasteiger partial charge in [-0.05, 0) is 24.7 Å². The van der Waals surface area contributed by atoms with Gasteiger partial charge >= 0.3 is 0 Å². The van der Waals surface area contributed by atoms with E-state index in [4.69, 9.17) is 5.73 Å². The number of nitrogens with two attached hydrogens (primary N) is 1. The maximum atomic E-state index is 5.63. The zero-order valence-electron chi connectivity index (χ0n) is 12.5. The molecule has 0 amide bonds. The molecule has 0 atom stereocenters. The normalized spacial score (nSPS) is 20.5. The Hall–Kier alpha value is -1.60. The van der Waals surface area contributed by atoms with Crippen molar-refractivity contribution in [2.45, 2.75) is 6.54 Å². The van der Waals surface area contributed by atoms with Crippen LogP contribution in [-0.2, 0) is 6.54 Å². The summed E-state index contributed by atoms with van der Waals surface area (Å²) in [5.41, 5.74) is 15.5. The smallest absolute Gasteiger partial charge is 0.0598 e. The molecule has 114 valence electrons. The van der Waals surface area contributed by atoms with Crippen molar-refractivity contribution in [2.24, 2.45) is 5.73 Å². The molecule has 1 aromatic carbocycles. The highest BCUT2D eigenvalue weighted by atomic mass is 15.7. The SMILES string of the molecule is CN1CCN(CC2=CN(c3ccc(CN)cc3)NN2)CC1. The van der Waals surface area contributed by atoms with Crippen LogP contribution in [0.3, 0.4) is 0 Å². The van der Waals surface area contributed by atoms with E-state index in [-0.39, 0.29) is 0 Å². The van der Waals surface area contributed by atoms with Gasteiger partial charge in [-0.2, -0.15) is 0 Å². The topological polar surface area (TPSA) is 59.8 Å². The summed E-state index contributed by atoms with van der Waals surface area (Å²) in [7, 11) is 2.18. The fourth-order valence-electron chi connectivity index (χ4n) is 2.61. The van der Waals surface area contributed by atoms with Crippen LogP contribution in [-0.4, -0.2) is 49.6 Å². The molecule has 0 radical (unpaired) electrons. The number of likely N-dealkylation sites (N-methyl/N-ethyl adjacent to an activating group) is 1. The van der Waals surface area contributed by atoms with Gasteiger partial charge in [-0.3, -0.25) is 9.91 Å². The van der Waals surface area contributed by atoms with E-state index in [1.807, 2.05) is 5.01 Å². The summed E-state index contributed by atoms with van der Waals surface area (Å²) in [5, 5.41) is 2.01. The Morgan fingerprint density at radius 2 is 1.81 bits per heavy atom. The Balaban J connectivity index is 1.58. The van der Waals surface area contributed by atoms with Crippen molar-refractivity contribution in [3.8, 4) is 0 Å². The van der Waals surface area contributed by atoms with Crippen molar-refractivity contribution >= 4 is 5.69 Å². The van der Waals surface area contributed by atoms with Crippen LogP contribution in [0.1, 0.15) is 5.56 Å². The monoisotopic (exact) mass is 288 g/mol. The molecule has 0 aromatic heterocycles. The molecule has 1 fully saturated rings. The second-order valence-corrected chi connectivity index (χ2v) is 5.71. The van der Waals surface area contributed by atoms with Crippen LogP contribution in [0.4, 0.5) is 5.69 Å². The fourth-order valence-corrected chi connectivity index (χ4v) is 2.61. The summed E-state index contributed by atoms with van der Waals surface area (Å²) in [5.74, 6) is 0. The molecule has 6 nitrogen and oxygen atoms in total. The lowest BCUT2D eigenvalue weighted by molar-refractivity contribution is 0.162. The maximum Gasteiger partial charge on any atom is 0.0598 e.